The molecule has 0 saturated carbocycles. The quantitative estimate of drug-likeness (QED) is 0.683. The molecule has 2 amide bonds. The fourth-order valence-corrected chi connectivity index (χ4v) is 5.30. The summed E-state index contributed by atoms with van der Waals surface area (Å²) in [6.07, 6.45) is 0.869. The number of benzene rings is 1. The first kappa shape index (κ1) is 20.8. The number of fused-ring (bicyclic) bond motifs is 1. The standard InChI is InChI=1S/C19H27N3O5S/c1-14-5-3-6-15(11-14)18(23)20-16-12-17-19(24)22(7-4-9-27-2)28(25,26)10-8-21(17)13-16/h3,5-6,11,16-17H,4,7-10,12-13H2,1-2H3,(H,20,23)/t16-,17-/m0/s1. The van der Waals surface area contributed by atoms with Gasteiger partial charge in [0, 0.05) is 45.0 Å². The number of amides is 2. The number of hydrogen-bond donors (Lipinski definition) is 1. The van der Waals surface area contributed by atoms with Gasteiger partial charge in [0.05, 0.1) is 11.8 Å². The van der Waals surface area contributed by atoms with E-state index in [0.29, 0.717) is 31.6 Å². The summed E-state index contributed by atoms with van der Waals surface area (Å²) in [5.74, 6) is -0.676. The third-order valence-electron chi connectivity index (χ3n) is 5.23. The molecule has 154 valence electrons. The number of methoxy groups -OCH3 is 1. The van der Waals surface area contributed by atoms with Crippen molar-refractivity contribution < 1.29 is 22.7 Å². The number of carbonyl (C=O) groups is 2. The van der Waals surface area contributed by atoms with Gasteiger partial charge in [-0.1, -0.05) is 17.7 Å². The summed E-state index contributed by atoms with van der Waals surface area (Å²) in [5, 5.41) is 2.99. The van der Waals surface area contributed by atoms with Crippen molar-refractivity contribution >= 4 is 21.8 Å². The number of rotatable bonds is 6. The minimum Gasteiger partial charge on any atom is -0.385 e. The van der Waals surface area contributed by atoms with Gasteiger partial charge in [0.15, 0.2) is 0 Å². The first-order chi connectivity index (χ1) is 13.3. The van der Waals surface area contributed by atoms with Crippen LogP contribution in [0.1, 0.15) is 28.8 Å². The summed E-state index contributed by atoms with van der Waals surface area (Å²) < 4.78 is 30.9. The maximum absolute atomic E-state index is 12.9. The van der Waals surface area contributed by atoms with Crippen molar-refractivity contribution in [2.75, 3.05) is 39.1 Å². The van der Waals surface area contributed by atoms with Crippen molar-refractivity contribution in [3.05, 3.63) is 35.4 Å². The number of nitrogens with one attached hydrogen (secondary N) is 1. The number of carbonyl (C=O) groups excluding carboxylic acids is 2. The number of nitrogens with zero attached hydrogens (tertiary/aromatic N) is 2. The van der Waals surface area contributed by atoms with Gasteiger partial charge in [0.1, 0.15) is 0 Å². The van der Waals surface area contributed by atoms with E-state index in [4.69, 9.17) is 4.74 Å². The molecule has 2 fully saturated rings. The molecular formula is C19H27N3O5S. The lowest BCUT2D eigenvalue weighted by molar-refractivity contribution is -0.130. The van der Waals surface area contributed by atoms with Crippen molar-refractivity contribution in [3.8, 4) is 0 Å². The number of ether oxygens (including phenoxy) is 1. The smallest absolute Gasteiger partial charge is 0.253 e. The Balaban J connectivity index is 1.68. The Morgan fingerprint density at radius 3 is 2.86 bits per heavy atom. The molecule has 0 radical (unpaired) electrons. The highest BCUT2D eigenvalue weighted by atomic mass is 32.2. The Morgan fingerprint density at radius 1 is 1.36 bits per heavy atom. The highest BCUT2D eigenvalue weighted by molar-refractivity contribution is 7.89. The number of hydrogen-bond acceptors (Lipinski definition) is 6. The van der Waals surface area contributed by atoms with Crippen molar-refractivity contribution in [1.82, 2.24) is 14.5 Å². The normalized spacial score (nSPS) is 24.6. The van der Waals surface area contributed by atoms with E-state index >= 15 is 0 Å². The number of aryl methyl sites for hydroxylation is 1. The fraction of sp³-hybridized carbons (Fsp3) is 0.579. The monoisotopic (exact) mass is 409 g/mol. The van der Waals surface area contributed by atoms with Crippen LogP contribution in [0.3, 0.4) is 0 Å². The zero-order valence-corrected chi connectivity index (χ0v) is 17.1. The van der Waals surface area contributed by atoms with Crippen LogP contribution in [-0.2, 0) is 19.6 Å². The average molecular weight is 410 g/mol. The molecule has 2 heterocycles. The van der Waals surface area contributed by atoms with Crippen molar-refractivity contribution in [3.63, 3.8) is 0 Å². The number of sulfonamides is 1. The molecule has 2 saturated heterocycles. The molecule has 0 bridgehead atoms. The highest BCUT2D eigenvalue weighted by Gasteiger charge is 2.45. The zero-order chi connectivity index (χ0) is 20.3. The predicted octanol–water partition coefficient (Wildman–Crippen LogP) is 0.376. The Labute approximate surface area is 165 Å². The highest BCUT2D eigenvalue weighted by Crippen LogP contribution is 2.25. The molecule has 2 aliphatic rings. The van der Waals surface area contributed by atoms with Gasteiger partial charge in [-0.05, 0) is 31.9 Å². The van der Waals surface area contributed by atoms with E-state index in [1.54, 1.807) is 13.2 Å². The van der Waals surface area contributed by atoms with Crippen molar-refractivity contribution in [2.24, 2.45) is 0 Å². The predicted molar refractivity (Wildman–Crippen MR) is 104 cm³/mol. The van der Waals surface area contributed by atoms with Gasteiger partial charge in [-0.2, -0.15) is 0 Å². The largest absolute Gasteiger partial charge is 0.385 e. The van der Waals surface area contributed by atoms with Crippen LogP contribution < -0.4 is 5.32 Å². The van der Waals surface area contributed by atoms with Gasteiger partial charge in [0.2, 0.25) is 10.0 Å². The second kappa shape index (κ2) is 8.59. The van der Waals surface area contributed by atoms with E-state index in [-0.39, 0.29) is 30.8 Å². The lowest BCUT2D eigenvalue weighted by Crippen LogP contribution is -2.44. The Bertz CT molecular complexity index is 842. The first-order valence-corrected chi connectivity index (χ1v) is 11.1. The lowest BCUT2D eigenvalue weighted by atomic mass is 10.1. The molecular weight excluding hydrogens is 382 g/mol. The summed E-state index contributed by atoms with van der Waals surface area (Å²) in [5.41, 5.74) is 1.58. The van der Waals surface area contributed by atoms with Gasteiger partial charge >= 0.3 is 0 Å². The van der Waals surface area contributed by atoms with Crippen LogP contribution >= 0.6 is 0 Å². The molecule has 9 heteroatoms. The molecule has 0 unspecified atom stereocenters. The van der Waals surface area contributed by atoms with Crippen LogP contribution in [0, 0.1) is 6.92 Å². The molecule has 0 aliphatic carbocycles. The molecule has 0 aromatic heterocycles. The van der Waals surface area contributed by atoms with Crippen LogP contribution in [0.15, 0.2) is 24.3 Å². The minimum absolute atomic E-state index is 0.0965. The molecule has 2 aliphatic heterocycles. The molecule has 3 rings (SSSR count). The van der Waals surface area contributed by atoms with Crippen molar-refractivity contribution in [1.29, 1.82) is 0 Å². The lowest BCUT2D eigenvalue weighted by Gasteiger charge is -2.23. The molecule has 1 N–H and O–H groups in total. The summed E-state index contributed by atoms with van der Waals surface area (Å²) in [6, 6.07) is 6.61. The molecule has 1 aromatic carbocycles. The van der Waals surface area contributed by atoms with Crippen LogP contribution in [0.4, 0.5) is 0 Å². The van der Waals surface area contributed by atoms with E-state index in [0.717, 1.165) is 9.87 Å². The van der Waals surface area contributed by atoms with E-state index < -0.39 is 22.0 Å². The molecule has 2 atom stereocenters. The summed E-state index contributed by atoms with van der Waals surface area (Å²) in [6.45, 7) is 3.20. The third kappa shape index (κ3) is 4.53. The third-order valence-corrected chi connectivity index (χ3v) is 6.96. The van der Waals surface area contributed by atoms with E-state index in [1.807, 2.05) is 30.0 Å². The average Bonchev–Trinajstić information content (AvgIpc) is 3.02. The minimum atomic E-state index is -3.62. The maximum Gasteiger partial charge on any atom is 0.253 e. The van der Waals surface area contributed by atoms with Gasteiger partial charge in [-0.25, -0.2) is 12.7 Å². The zero-order valence-electron chi connectivity index (χ0n) is 16.3. The summed E-state index contributed by atoms with van der Waals surface area (Å²) in [7, 11) is -2.08. The molecule has 28 heavy (non-hydrogen) atoms. The molecule has 0 spiro atoms. The van der Waals surface area contributed by atoms with Crippen LogP contribution in [0.5, 0.6) is 0 Å². The fourth-order valence-electron chi connectivity index (χ4n) is 3.82. The van der Waals surface area contributed by atoms with E-state index in [1.165, 1.54) is 0 Å². The second-order valence-corrected chi connectivity index (χ2v) is 9.37. The SMILES string of the molecule is COCCCN1C(=O)[C@@H]2C[C@H](NC(=O)c3cccc(C)c3)CN2CCS1(=O)=O. The van der Waals surface area contributed by atoms with E-state index in [2.05, 4.69) is 5.32 Å². The maximum atomic E-state index is 12.9. The molecule has 8 nitrogen and oxygen atoms in total. The van der Waals surface area contributed by atoms with Gasteiger partial charge < -0.3 is 10.1 Å². The van der Waals surface area contributed by atoms with Crippen LogP contribution in [0.2, 0.25) is 0 Å². The van der Waals surface area contributed by atoms with Gasteiger partial charge in [0.25, 0.3) is 11.8 Å². The van der Waals surface area contributed by atoms with Crippen LogP contribution in [0.25, 0.3) is 0 Å². The Morgan fingerprint density at radius 2 is 2.14 bits per heavy atom. The van der Waals surface area contributed by atoms with Crippen molar-refractivity contribution in [2.45, 2.75) is 31.8 Å². The summed E-state index contributed by atoms with van der Waals surface area (Å²) >= 11 is 0. The Kier molecular flexibility index (Phi) is 6.36. The second-order valence-electron chi connectivity index (χ2n) is 7.36. The van der Waals surface area contributed by atoms with Gasteiger partial charge in [-0.3, -0.25) is 14.5 Å². The summed E-state index contributed by atoms with van der Waals surface area (Å²) in [4.78, 5) is 27.3. The van der Waals surface area contributed by atoms with Crippen LogP contribution in [-0.4, -0.2) is 80.6 Å². The molecule has 1 aromatic rings. The topological polar surface area (TPSA) is 96.0 Å². The first-order valence-electron chi connectivity index (χ1n) is 9.46. The Hall–Kier alpha value is -1.97. The van der Waals surface area contributed by atoms with E-state index in [9.17, 15) is 18.0 Å². The van der Waals surface area contributed by atoms with Gasteiger partial charge in [-0.15, -0.1) is 0 Å².